The summed E-state index contributed by atoms with van der Waals surface area (Å²) in [6, 6.07) is 0.681. The zero-order valence-corrected chi connectivity index (χ0v) is 8.14. The van der Waals surface area contributed by atoms with Gasteiger partial charge in [-0.25, -0.2) is 0 Å². The second-order valence-electron chi connectivity index (χ2n) is 3.59. The largest absolute Gasteiger partial charge is 0.380 e. The molecule has 1 saturated heterocycles. The predicted molar refractivity (Wildman–Crippen MR) is 51.4 cm³/mol. The fourth-order valence-electron chi connectivity index (χ4n) is 1.23. The van der Waals surface area contributed by atoms with E-state index in [1.54, 1.807) is 0 Å². The highest BCUT2D eigenvalue weighted by molar-refractivity contribution is 4.82. The molecule has 0 aromatic carbocycles. The molecule has 1 aliphatic heterocycles. The van der Waals surface area contributed by atoms with E-state index in [1.807, 2.05) is 0 Å². The van der Waals surface area contributed by atoms with Crippen LogP contribution in [0, 0.1) is 0 Å². The van der Waals surface area contributed by atoms with Gasteiger partial charge in [0.25, 0.3) is 0 Å². The molecule has 0 radical (unpaired) electrons. The normalized spacial score (nSPS) is 21.2. The molecule has 2 nitrogen and oxygen atoms in total. The van der Waals surface area contributed by atoms with Crippen LogP contribution in [-0.2, 0) is 4.74 Å². The fourth-order valence-corrected chi connectivity index (χ4v) is 1.23. The minimum Gasteiger partial charge on any atom is -0.380 e. The summed E-state index contributed by atoms with van der Waals surface area (Å²) >= 11 is 0. The quantitative estimate of drug-likeness (QED) is 0.447. The third-order valence-electron chi connectivity index (χ3n) is 2.20. The molecule has 1 atom stereocenters. The number of nitrogens with one attached hydrogen (secondary N) is 1. The van der Waals surface area contributed by atoms with Gasteiger partial charge in [0.2, 0.25) is 0 Å². The van der Waals surface area contributed by atoms with Gasteiger partial charge in [-0.05, 0) is 6.42 Å². The number of ether oxygens (including phenoxy) is 1. The Balaban J connectivity index is 1.65. The Kier molecular flexibility index (Phi) is 5.37. The zero-order chi connectivity index (χ0) is 8.65. The summed E-state index contributed by atoms with van der Waals surface area (Å²) in [6.07, 6.45) is 6.66. The number of hydrogen-bond donors (Lipinski definition) is 1. The summed E-state index contributed by atoms with van der Waals surface area (Å²) < 4.78 is 5.48. The highest BCUT2D eigenvalue weighted by atomic mass is 16.5. The fraction of sp³-hybridized carbons (Fsp3) is 1.00. The van der Waals surface area contributed by atoms with E-state index in [2.05, 4.69) is 12.2 Å². The highest BCUT2D eigenvalue weighted by Gasteiger charge is 2.19. The van der Waals surface area contributed by atoms with Gasteiger partial charge in [0.1, 0.15) is 0 Å². The van der Waals surface area contributed by atoms with Gasteiger partial charge < -0.3 is 10.1 Å². The van der Waals surface area contributed by atoms with Crippen molar-refractivity contribution in [1.29, 1.82) is 0 Å². The van der Waals surface area contributed by atoms with Crippen molar-refractivity contribution in [1.82, 2.24) is 5.32 Å². The first kappa shape index (κ1) is 10.0. The average molecular weight is 171 g/mol. The molecule has 0 saturated carbocycles. The van der Waals surface area contributed by atoms with E-state index in [0.717, 1.165) is 19.8 Å². The Morgan fingerprint density at radius 2 is 2.00 bits per heavy atom. The Bertz CT molecular complexity index is 102. The lowest BCUT2D eigenvalue weighted by atomic mass is 10.2. The van der Waals surface area contributed by atoms with Crippen molar-refractivity contribution in [3.05, 3.63) is 0 Å². The maximum absolute atomic E-state index is 5.48. The molecule has 0 amide bonds. The first-order chi connectivity index (χ1) is 5.93. The summed E-state index contributed by atoms with van der Waals surface area (Å²) in [5.41, 5.74) is 0. The third kappa shape index (κ3) is 5.56. The molecule has 1 fully saturated rings. The Hall–Kier alpha value is -0.0800. The minimum atomic E-state index is 0.681. The average Bonchev–Trinajstić information content (AvgIpc) is 2.87. The molecule has 1 rings (SSSR count). The van der Waals surface area contributed by atoms with Crippen molar-refractivity contribution >= 4 is 0 Å². The molecule has 0 aromatic heterocycles. The SMILES string of the molecule is CCCCCCCOC[C@H]1CN1. The van der Waals surface area contributed by atoms with Gasteiger partial charge in [-0.15, -0.1) is 0 Å². The summed E-state index contributed by atoms with van der Waals surface area (Å²) in [5, 5.41) is 3.22. The van der Waals surface area contributed by atoms with Crippen molar-refractivity contribution in [3.8, 4) is 0 Å². The Morgan fingerprint density at radius 1 is 1.25 bits per heavy atom. The lowest BCUT2D eigenvalue weighted by Gasteiger charge is -2.01. The van der Waals surface area contributed by atoms with E-state index in [4.69, 9.17) is 4.74 Å². The molecular weight excluding hydrogens is 150 g/mol. The highest BCUT2D eigenvalue weighted by Crippen LogP contribution is 2.03. The first-order valence-corrected chi connectivity index (χ1v) is 5.24. The van der Waals surface area contributed by atoms with Crippen molar-refractivity contribution < 1.29 is 4.74 Å². The van der Waals surface area contributed by atoms with Gasteiger partial charge >= 0.3 is 0 Å². The van der Waals surface area contributed by atoms with Crippen LogP contribution in [0.25, 0.3) is 0 Å². The second kappa shape index (κ2) is 6.44. The molecule has 2 heteroatoms. The first-order valence-electron chi connectivity index (χ1n) is 5.24. The van der Waals surface area contributed by atoms with Crippen LogP contribution in [0.15, 0.2) is 0 Å². The second-order valence-corrected chi connectivity index (χ2v) is 3.59. The molecular formula is C10H21NO. The van der Waals surface area contributed by atoms with E-state index in [9.17, 15) is 0 Å². The third-order valence-corrected chi connectivity index (χ3v) is 2.20. The maximum atomic E-state index is 5.48. The lowest BCUT2D eigenvalue weighted by molar-refractivity contribution is 0.132. The predicted octanol–water partition coefficient (Wildman–Crippen LogP) is 1.95. The van der Waals surface area contributed by atoms with Crippen LogP contribution >= 0.6 is 0 Å². The maximum Gasteiger partial charge on any atom is 0.0632 e. The Morgan fingerprint density at radius 3 is 2.67 bits per heavy atom. The molecule has 0 spiro atoms. The summed E-state index contributed by atoms with van der Waals surface area (Å²) in [5.74, 6) is 0. The van der Waals surface area contributed by atoms with Crippen LogP contribution in [0.3, 0.4) is 0 Å². The van der Waals surface area contributed by atoms with Crippen LogP contribution in [0.5, 0.6) is 0 Å². The number of unbranched alkanes of at least 4 members (excludes halogenated alkanes) is 4. The lowest BCUT2D eigenvalue weighted by Crippen LogP contribution is -2.05. The zero-order valence-electron chi connectivity index (χ0n) is 8.14. The molecule has 0 aromatic rings. The van der Waals surface area contributed by atoms with E-state index >= 15 is 0 Å². The molecule has 72 valence electrons. The van der Waals surface area contributed by atoms with Crippen LogP contribution < -0.4 is 5.32 Å². The monoisotopic (exact) mass is 171 g/mol. The number of hydrogen-bond acceptors (Lipinski definition) is 2. The van der Waals surface area contributed by atoms with E-state index in [0.29, 0.717) is 6.04 Å². The van der Waals surface area contributed by atoms with Crippen LogP contribution in [0.4, 0.5) is 0 Å². The summed E-state index contributed by atoms with van der Waals surface area (Å²) in [6.45, 7) is 5.29. The van der Waals surface area contributed by atoms with Gasteiger partial charge in [-0.1, -0.05) is 32.6 Å². The molecule has 1 heterocycles. The van der Waals surface area contributed by atoms with Crippen molar-refractivity contribution in [3.63, 3.8) is 0 Å². The van der Waals surface area contributed by atoms with Crippen LogP contribution in [0.1, 0.15) is 39.0 Å². The minimum absolute atomic E-state index is 0.681. The molecule has 0 bridgehead atoms. The van der Waals surface area contributed by atoms with E-state index < -0.39 is 0 Å². The molecule has 1 aliphatic rings. The standard InChI is InChI=1S/C10H21NO/c1-2-3-4-5-6-7-12-9-10-8-11-10/h10-11H,2-9H2,1H3/t10-/m1/s1. The number of rotatable bonds is 8. The molecule has 1 N–H and O–H groups in total. The van der Waals surface area contributed by atoms with Crippen LogP contribution in [0.2, 0.25) is 0 Å². The van der Waals surface area contributed by atoms with Crippen molar-refractivity contribution in [2.24, 2.45) is 0 Å². The van der Waals surface area contributed by atoms with Crippen LogP contribution in [-0.4, -0.2) is 25.8 Å². The van der Waals surface area contributed by atoms with Crippen molar-refractivity contribution in [2.45, 2.75) is 45.1 Å². The molecule has 0 unspecified atom stereocenters. The van der Waals surface area contributed by atoms with Gasteiger partial charge in [-0.3, -0.25) is 0 Å². The van der Waals surface area contributed by atoms with Gasteiger partial charge in [-0.2, -0.15) is 0 Å². The smallest absolute Gasteiger partial charge is 0.0632 e. The van der Waals surface area contributed by atoms with Gasteiger partial charge in [0, 0.05) is 19.2 Å². The molecule has 12 heavy (non-hydrogen) atoms. The van der Waals surface area contributed by atoms with Gasteiger partial charge in [0.15, 0.2) is 0 Å². The summed E-state index contributed by atoms with van der Waals surface area (Å²) in [4.78, 5) is 0. The van der Waals surface area contributed by atoms with Gasteiger partial charge in [0.05, 0.1) is 6.61 Å². The topological polar surface area (TPSA) is 31.2 Å². The van der Waals surface area contributed by atoms with Crippen molar-refractivity contribution in [2.75, 3.05) is 19.8 Å². The van der Waals surface area contributed by atoms with E-state index in [1.165, 1.54) is 32.1 Å². The Labute approximate surface area is 75.7 Å². The van der Waals surface area contributed by atoms with E-state index in [-0.39, 0.29) is 0 Å². The summed E-state index contributed by atoms with van der Waals surface area (Å²) in [7, 11) is 0. The molecule has 0 aliphatic carbocycles.